The normalized spacial score (nSPS) is 26.2. The number of rotatable bonds is 1. The molecule has 0 amide bonds. The number of hydroxylamine groups is 2. The van der Waals surface area contributed by atoms with E-state index in [9.17, 15) is 5.21 Å². The summed E-state index contributed by atoms with van der Waals surface area (Å²) in [6, 6.07) is 0. The van der Waals surface area contributed by atoms with E-state index in [1.807, 2.05) is 13.0 Å². The highest BCUT2D eigenvalue weighted by Crippen LogP contribution is 2.00. The summed E-state index contributed by atoms with van der Waals surface area (Å²) in [7, 11) is 0. The van der Waals surface area contributed by atoms with Crippen LogP contribution in [0.1, 0.15) is 13.3 Å². The minimum Gasteiger partial charge on any atom is -0.624 e. The molecule has 0 saturated carbocycles. The maximum absolute atomic E-state index is 10.4. The summed E-state index contributed by atoms with van der Waals surface area (Å²) in [5, 5.41) is 10.6. The Morgan fingerprint density at radius 1 is 1.75 bits per heavy atom. The van der Waals surface area contributed by atoms with Crippen LogP contribution in [0.3, 0.4) is 0 Å². The van der Waals surface area contributed by atoms with E-state index in [1.54, 1.807) is 12.4 Å². The Labute approximate surface area is 48.7 Å². The lowest BCUT2D eigenvalue weighted by Gasteiger charge is -2.05. The average molecular weight is 111 g/mol. The third-order valence-corrected chi connectivity index (χ3v) is 1.20. The monoisotopic (exact) mass is 111 g/mol. The van der Waals surface area contributed by atoms with Crippen LogP contribution in [-0.4, -0.2) is 0 Å². The number of hydrogen-bond acceptors (Lipinski definition) is 1. The molecule has 1 aliphatic heterocycles. The molecule has 0 saturated heterocycles. The van der Waals surface area contributed by atoms with Gasteiger partial charge in [0, 0.05) is 11.6 Å². The molecule has 0 bridgehead atoms. The van der Waals surface area contributed by atoms with Gasteiger partial charge in [-0.15, -0.1) is 0 Å². The van der Waals surface area contributed by atoms with Gasteiger partial charge in [-0.05, 0) is 6.42 Å². The van der Waals surface area contributed by atoms with Gasteiger partial charge in [0.25, 0.3) is 0 Å². The van der Waals surface area contributed by atoms with Crippen LogP contribution in [0.15, 0.2) is 24.0 Å². The summed E-state index contributed by atoms with van der Waals surface area (Å²) < 4.78 is 0. The second-order valence-corrected chi connectivity index (χ2v) is 1.81. The van der Waals surface area contributed by atoms with Gasteiger partial charge in [0.2, 0.25) is 0 Å². The molecule has 1 rings (SSSR count). The fourth-order valence-corrected chi connectivity index (χ4v) is 0.688. The summed E-state index contributed by atoms with van der Waals surface area (Å²) in [5.41, 5.74) is 1.13. The number of nitrogens with one attached hydrogen (secondary N) is 1. The van der Waals surface area contributed by atoms with Gasteiger partial charge < -0.3 is 10.3 Å². The Hall–Kier alpha value is -0.600. The molecule has 1 N–H and O–H groups in total. The second kappa shape index (κ2) is 2.11. The van der Waals surface area contributed by atoms with E-state index in [1.165, 1.54) is 0 Å². The van der Waals surface area contributed by atoms with E-state index in [-0.39, 0.29) is 5.06 Å². The largest absolute Gasteiger partial charge is 0.624 e. The van der Waals surface area contributed by atoms with Crippen molar-refractivity contribution in [2.45, 2.75) is 13.3 Å². The van der Waals surface area contributed by atoms with Gasteiger partial charge in [-0.25, -0.2) is 0 Å². The maximum atomic E-state index is 10.4. The molecule has 0 aromatic heterocycles. The first-order valence-corrected chi connectivity index (χ1v) is 2.75. The van der Waals surface area contributed by atoms with Gasteiger partial charge >= 0.3 is 0 Å². The Balaban J connectivity index is 2.58. The standard InChI is InChI=1S/C6H9NO/c1-2-6-3-4-7(8)5-6/h3-5,7H,2H2,1H3. The van der Waals surface area contributed by atoms with Crippen molar-refractivity contribution < 1.29 is 5.06 Å². The molecule has 1 aliphatic rings. The Bertz CT molecular complexity index is 137. The highest BCUT2D eigenvalue weighted by molar-refractivity contribution is 5.17. The zero-order valence-corrected chi connectivity index (χ0v) is 4.85. The van der Waals surface area contributed by atoms with Crippen molar-refractivity contribution in [3.05, 3.63) is 29.3 Å². The Morgan fingerprint density at radius 2 is 2.50 bits per heavy atom. The van der Waals surface area contributed by atoms with Crippen LogP contribution in [0.5, 0.6) is 0 Å². The fourth-order valence-electron chi connectivity index (χ4n) is 0.688. The molecule has 8 heavy (non-hydrogen) atoms. The van der Waals surface area contributed by atoms with Crippen molar-refractivity contribution in [1.29, 1.82) is 0 Å². The van der Waals surface area contributed by atoms with Gasteiger partial charge in [-0.1, -0.05) is 6.92 Å². The first-order valence-electron chi connectivity index (χ1n) is 2.75. The van der Waals surface area contributed by atoms with Gasteiger partial charge in [0.1, 0.15) is 6.20 Å². The lowest BCUT2D eigenvalue weighted by atomic mass is 10.2. The smallest absolute Gasteiger partial charge is 0.102 e. The van der Waals surface area contributed by atoms with Crippen LogP contribution in [0, 0.1) is 5.21 Å². The summed E-state index contributed by atoms with van der Waals surface area (Å²) in [6.45, 7) is 2.04. The molecule has 1 atom stereocenters. The quantitative estimate of drug-likeness (QED) is 0.480. The fraction of sp³-hybridized carbons (Fsp3) is 0.333. The van der Waals surface area contributed by atoms with E-state index in [0.29, 0.717) is 0 Å². The zero-order valence-electron chi connectivity index (χ0n) is 4.85. The molecule has 1 unspecified atom stereocenters. The first-order chi connectivity index (χ1) is 3.83. The molecular weight excluding hydrogens is 102 g/mol. The summed E-state index contributed by atoms with van der Waals surface area (Å²) in [5.74, 6) is 0. The van der Waals surface area contributed by atoms with E-state index in [2.05, 4.69) is 0 Å². The Morgan fingerprint density at radius 3 is 2.75 bits per heavy atom. The first kappa shape index (κ1) is 5.54. The van der Waals surface area contributed by atoms with Crippen LogP contribution < -0.4 is 5.06 Å². The predicted molar refractivity (Wildman–Crippen MR) is 31.8 cm³/mol. The van der Waals surface area contributed by atoms with Crippen LogP contribution in [0.4, 0.5) is 0 Å². The molecular formula is C6H9NO. The van der Waals surface area contributed by atoms with E-state index >= 15 is 0 Å². The third-order valence-electron chi connectivity index (χ3n) is 1.20. The van der Waals surface area contributed by atoms with Crippen molar-refractivity contribution in [2.75, 3.05) is 0 Å². The highest BCUT2D eigenvalue weighted by atomic mass is 16.5. The maximum Gasteiger partial charge on any atom is 0.102 e. The summed E-state index contributed by atoms with van der Waals surface area (Å²) in [6.07, 6.45) is 6.09. The molecule has 0 aromatic rings. The van der Waals surface area contributed by atoms with Gasteiger partial charge in [0.05, 0.1) is 6.20 Å². The van der Waals surface area contributed by atoms with Crippen LogP contribution in [-0.2, 0) is 0 Å². The number of hydrogen-bond donors (Lipinski definition) is 1. The van der Waals surface area contributed by atoms with Crippen molar-refractivity contribution in [2.24, 2.45) is 0 Å². The van der Waals surface area contributed by atoms with Crippen molar-refractivity contribution in [3.8, 4) is 0 Å². The zero-order chi connectivity index (χ0) is 5.98. The molecule has 0 spiro atoms. The summed E-state index contributed by atoms with van der Waals surface area (Å²) in [4.78, 5) is 0. The van der Waals surface area contributed by atoms with Crippen molar-refractivity contribution in [1.82, 2.24) is 0 Å². The van der Waals surface area contributed by atoms with Crippen LogP contribution in [0.25, 0.3) is 0 Å². The van der Waals surface area contributed by atoms with Crippen LogP contribution >= 0.6 is 0 Å². The van der Waals surface area contributed by atoms with Gasteiger partial charge in [0.15, 0.2) is 0 Å². The molecule has 0 aliphatic carbocycles. The minimum atomic E-state index is 0.127. The lowest BCUT2D eigenvalue weighted by molar-refractivity contribution is -0.727. The lowest BCUT2D eigenvalue weighted by Crippen LogP contribution is -2.95. The molecule has 0 radical (unpaired) electrons. The summed E-state index contributed by atoms with van der Waals surface area (Å²) >= 11 is 0. The van der Waals surface area contributed by atoms with E-state index in [0.717, 1.165) is 12.0 Å². The molecule has 0 fully saturated rings. The highest BCUT2D eigenvalue weighted by Gasteiger charge is 1.98. The number of allylic oxidation sites excluding steroid dienone is 2. The Kier molecular flexibility index (Phi) is 1.46. The molecule has 0 aromatic carbocycles. The molecule has 2 heteroatoms. The topological polar surface area (TPSA) is 27.5 Å². The molecule has 1 heterocycles. The molecule has 44 valence electrons. The van der Waals surface area contributed by atoms with E-state index in [4.69, 9.17) is 0 Å². The third kappa shape index (κ3) is 0.967. The number of quaternary nitrogens is 1. The van der Waals surface area contributed by atoms with Crippen LogP contribution in [0.2, 0.25) is 0 Å². The second-order valence-electron chi connectivity index (χ2n) is 1.81. The van der Waals surface area contributed by atoms with Crippen molar-refractivity contribution >= 4 is 0 Å². The SMILES string of the molecule is CCC1=C[NH+]([O-])C=C1. The van der Waals surface area contributed by atoms with Gasteiger partial charge in [-0.2, -0.15) is 0 Å². The predicted octanol–water partition coefficient (Wildman–Crippen LogP) is 0.190. The average Bonchev–Trinajstić information content (AvgIpc) is 2.14. The minimum absolute atomic E-state index is 0.127. The van der Waals surface area contributed by atoms with Crippen molar-refractivity contribution in [3.63, 3.8) is 0 Å². The van der Waals surface area contributed by atoms with E-state index < -0.39 is 0 Å². The molecule has 2 nitrogen and oxygen atoms in total. The van der Waals surface area contributed by atoms with Gasteiger partial charge in [-0.3, -0.25) is 0 Å².